The number of sulfone groups is 1. The second-order valence-electron chi connectivity index (χ2n) is 7.36. The predicted molar refractivity (Wildman–Crippen MR) is 115 cm³/mol. The molecule has 2 N–H and O–H groups in total. The molecule has 0 spiro atoms. The van der Waals surface area contributed by atoms with Crippen molar-refractivity contribution in [2.24, 2.45) is 0 Å². The first kappa shape index (κ1) is 21.1. The van der Waals surface area contributed by atoms with E-state index in [2.05, 4.69) is 35.5 Å². The van der Waals surface area contributed by atoms with Crippen LogP contribution in [0.3, 0.4) is 0 Å². The summed E-state index contributed by atoms with van der Waals surface area (Å²) in [5.74, 6) is 1.63. The lowest BCUT2D eigenvalue weighted by Gasteiger charge is -2.39. The predicted octanol–water partition coefficient (Wildman–Crippen LogP) is 2.87. The molecule has 1 atom stereocenters. The maximum absolute atomic E-state index is 13.1. The summed E-state index contributed by atoms with van der Waals surface area (Å²) in [6.45, 7) is 2.94. The Kier molecular flexibility index (Phi) is 5.79. The van der Waals surface area contributed by atoms with Crippen LogP contribution in [0.1, 0.15) is 18.5 Å². The monoisotopic (exact) mass is 443 g/mol. The lowest BCUT2D eigenvalue weighted by Crippen LogP contribution is -2.49. The van der Waals surface area contributed by atoms with E-state index in [-0.39, 0.29) is 16.8 Å². The first-order valence-corrected chi connectivity index (χ1v) is 11.5. The van der Waals surface area contributed by atoms with Crippen LogP contribution < -0.4 is 10.6 Å². The highest BCUT2D eigenvalue weighted by Crippen LogP contribution is 2.27. The van der Waals surface area contributed by atoms with Crippen LogP contribution in [-0.4, -0.2) is 58.8 Å². The standard InChI is InChI=1S/C20H22FN7O2S/c1-13(28-10-15(21)11-28)14-5-6-17(23-9-14)26-18-8-19(25-12-24-18)27-20-16(31(2,29)30)4-3-7-22-20/h3-9,12-13,15H,10-11H2,1-2H3,(H2,22,23,24,25,26,27). The van der Waals surface area contributed by atoms with Crippen molar-refractivity contribution < 1.29 is 12.8 Å². The minimum absolute atomic E-state index is 0.0794. The van der Waals surface area contributed by atoms with Crippen molar-refractivity contribution in [1.82, 2.24) is 24.8 Å². The Morgan fingerprint density at radius 2 is 1.81 bits per heavy atom. The molecule has 1 aliphatic rings. The van der Waals surface area contributed by atoms with E-state index in [0.717, 1.165) is 11.8 Å². The quantitative estimate of drug-likeness (QED) is 0.569. The van der Waals surface area contributed by atoms with Gasteiger partial charge in [0.2, 0.25) is 0 Å². The topological polar surface area (TPSA) is 113 Å². The van der Waals surface area contributed by atoms with Crippen molar-refractivity contribution in [1.29, 1.82) is 0 Å². The van der Waals surface area contributed by atoms with Crippen molar-refractivity contribution in [3.05, 3.63) is 54.6 Å². The number of pyridine rings is 2. The zero-order chi connectivity index (χ0) is 22.0. The van der Waals surface area contributed by atoms with Gasteiger partial charge in [-0.25, -0.2) is 32.7 Å². The molecule has 4 rings (SSSR count). The average molecular weight is 444 g/mol. The summed E-state index contributed by atoms with van der Waals surface area (Å²) >= 11 is 0. The first-order valence-electron chi connectivity index (χ1n) is 9.65. The Morgan fingerprint density at radius 1 is 1.06 bits per heavy atom. The van der Waals surface area contributed by atoms with Gasteiger partial charge in [-0.3, -0.25) is 4.90 Å². The van der Waals surface area contributed by atoms with Gasteiger partial charge in [-0.05, 0) is 30.7 Å². The van der Waals surface area contributed by atoms with Crippen LogP contribution in [-0.2, 0) is 9.84 Å². The molecule has 31 heavy (non-hydrogen) atoms. The summed E-state index contributed by atoms with van der Waals surface area (Å²) in [6, 6.07) is 8.53. The molecule has 1 aliphatic heterocycles. The second-order valence-corrected chi connectivity index (χ2v) is 9.35. The molecule has 1 fully saturated rings. The number of rotatable bonds is 7. The third-order valence-corrected chi connectivity index (χ3v) is 6.15. The summed E-state index contributed by atoms with van der Waals surface area (Å²) in [6.07, 6.45) is 4.98. The molecule has 0 amide bonds. The minimum Gasteiger partial charge on any atom is -0.325 e. The highest BCUT2D eigenvalue weighted by molar-refractivity contribution is 7.90. The van der Waals surface area contributed by atoms with Crippen molar-refractivity contribution in [2.45, 2.75) is 24.0 Å². The highest BCUT2D eigenvalue weighted by Gasteiger charge is 2.30. The molecular formula is C20H22FN7O2S. The Morgan fingerprint density at radius 3 is 2.45 bits per heavy atom. The van der Waals surface area contributed by atoms with Crippen LogP contribution in [0.5, 0.6) is 0 Å². The molecule has 9 nitrogen and oxygen atoms in total. The molecule has 11 heteroatoms. The number of anilines is 4. The van der Waals surface area contributed by atoms with Gasteiger partial charge >= 0.3 is 0 Å². The molecule has 1 saturated heterocycles. The summed E-state index contributed by atoms with van der Waals surface area (Å²) in [5, 5.41) is 6.01. The van der Waals surface area contributed by atoms with E-state index >= 15 is 0 Å². The van der Waals surface area contributed by atoms with E-state index in [1.165, 1.54) is 18.6 Å². The number of hydrogen-bond acceptors (Lipinski definition) is 9. The van der Waals surface area contributed by atoms with Gasteiger partial charge in [-0.15, -0.1) is 0 Å². The maximum Gasteiger partial charge on any atom is 0.179 e. The van der Waals surface area contributed by atoms with E-state index in [9.17, 15) is 12.8 Å². The summed E-state index contributed by atoms with van der Waals surface area (Å²) in [5.41, 5.74) is 1.01. The molecule has 162 valence electrons. The Bertz CT molecular complexity index is 1170. The summed E-state index contributed by atoms with van der Waals surface area (Å²) in [7, 11) is -3.45. The van der Waals surface area contributed by atoms with Gasteiger partial charge < -0.3 is 10.6 Å². The fourth-order valence-electron chi connectivity index (χ4n) is 3.24. The van der Waals surface area contributed by atoms with E-state index in [4.69, 9.17) is 0 Å². The highest BCUT2D eigenvalue weighted by atomic mass is 32.2. The summed E-state index contributed by atoms with van der Waals surface area (Å²) in [4.78, 5) is 18.9. The molecule has 0 radical (unpaired) electrons. The van der Waals surface area contributed by atoms with Gasteiger partial charge in [-0.2, -0.15) is 0 Å². The lowest BCUT2D eigenvalue weighted by molar-refractivity contribution is 0.0330. The fourth-order valence-corrected chi connectivity index (χ4v) is 4.02. The van der Waals surface area contributed by atoms with E-state index in [0.29, 0.717) is 30.5 Å². The molecule has 1 unspecified atom stereocenters. The van der Waals surface area contributed by atoms with E-state index in [1.807, 2.05) is 19.1 Å². The number of nitrogens with zero attached hydrogens (tertiary/aromatic N) is 5. The molecule has 0 aliphatic carbocycles. The molecule has 3 aromatic rings. The van der Waals surface area contributed by atoms with E-state index in [1.54, 1.807) is 18.3 Å². The van der Waals surface area contributed by atoms with Gasteiger partial charge in [0.1, 0.15) is 40.7 Å². The van der Waals surface area contributed by atoms with Crippen LogP contribution in [0.25, 0.3) is 0 Å². The Labute approximate surface area is 179 Å². The Balaban J connectivity index is 1.46. The van der Waals surface area contributed by atoms with Gasteiger partial charge in [0.25, 0.3) is 0 Å². The van der Waals surface area contributed by atoms with Crippen molar-refractivity contribution >= 4 is 33.1 Å². The lowest BCUT2D eigenvalue weighted by atomic mass is 10.0. The third-order valence-electron chi connectivity index (χ3n) is 5.02. The molecular weight excluding hydrogens is 421 g/mol. The zero-order valence-electron chi connectivity index (χ0n) is 17.0. The van der Waals surface area contributed by atoms with Crippen molar-refractivity contribution in [3.8, 4) is 0 Å². The molecule has 3 aromatic heterocycles. The molecule has 0 aromatic carbocycles. The van der Waals surface area contributed by atoms with Crippen LogP contribution >= 0.6 is 0 Å². The van der Waals surface area contributed by atoms with Crippen LogP contribution in [0.2, 0.25) is 0 Å². The zero-order valence-corrected chi connectivity index (χ0v) is 17.8. The summed E-state index contributed by atoms with van der Waals surface area (Å²) < 4.78 is 37.0. The number of aromatic nitrogens is 4. The number of likely N-dealkylation sites (tertiary alicyclic amines) is 1. The normalized spacial score (nSPS) is 15.8. The third kappa shape index (κ3) is 4.94. The maximum atomic E-state index is 13.1. The second kappa shape index (κ2) is 8.52. The van der Waals surface area contributed by atoms with Gasteiger partial charge in [-0.1, -0.05) is 6.07 Å². The number of hydrogen-bond donors (Lipinski definition) is 2. The molecule has 4 heterocycles. The van der Waals surface area contributed by atoms with Crippen molar-refractivity contribution in [3.63, 3.8) is 0 Å². The number of nitrogens with one attached hydrogen (secondary N) is 2. The average Bonchev–Trinajstić information content (AvgIpc) is 2.71. The Hall–Kier alpha value is -3.18. The van der Waals surface area contributed by atoms with Gasteiger partial charge in [0, 0.05) is 43.8 Å². The van der Waals surface area contributed by atoms with Gasteiger partial charge in [0.05, 0.1) is 0 Å². The largest absolute Gasteiger partial charge is 0.325 e. The SMILES string of the molecule is CC(c1ccc(Nc2cc(Nc3ncccc3S(C)(=O)=O)ncn2)nc1)N1CC(F)C1. The fraction of sp³-hybridized carbons (Fsp3) is 0.300. The van der Waals surface area contributed by atoms with Crippen LogP contribution in [0.15, 0.2) is 53.9 Å². The van der Waals surface area contributed by atoms with Crippen LogP contribution in [0, 0.1) is 0 Å². The van der Waals surface area contributed by atoms with Gasteiger partial charge in [0.15, 0.2) is 9.84 Å². The van der Waals surface area contributed by atoms with E-state index < -0.39 is 16.0 Å². The smallest absolute Gasteiger partial charge is 0.179 e. The molecule has 0 saturated carbocycles. The first-order chi connectivity index (χ1) is 14.8. The van der Waals surface area contributed by atoms with Crippen LogP contribution in [0.4, 0.5) is 27.7 Å². The molecule has 0 bridgehead atoms. The minimum atomic E-state index is -3.45. The number of alkyl halides is 1. The number of halogens is 1. The van der Waals surface area contributed by atoms with Crippen molar-refractivity contribution in [2.75, 3.05) is 30.0 Å².